The van der Waals surface area contributed by atoms with E-state index in [4.69, 9.17) is 9.84 Å². The third-order valence-corrected chi connectivity index (χ3v) is 2.43. The van der Waals surface area contributed by atoms with Gasteiger partial charge in [0.15, 0.2) is 0 Å². The number of amides is 2. The maximum atomic E-state index is 11.5. The summed E-state index contributed by atoms with van der Waals surface area (Å²) in [5.74, 6) is -1.20. The first-order chi connectivity index (χ1) is 8.84. The van der Waals surface area contributed by atoms with Crippen LogP contribution in [0.25, 0.3) is 0 Å². The first kappa shape index (κ1) is 17.7. The molecule has 0 aliphatic heterocycles. The van der Waals surface area contributed by atoms with Crippen LogP contribution in [0.3, 0.4) is 0 Å². The van der Waals surface area contributed by atoms with E-state index in [0.717, 1.165) is 6.54 Å². The Bertz CT molecular complexity index is 282. The van der Waals surface area contributed by atoms with Gasteiger partial charge in [-0.2, -0.15) is 0 Å². The Morgan fingerprint density at radius 3 is 2.37 bits per heavy atom. The molecule has 19 heavy (non-hydrogen) atoms. The van der Waals surface area contributed by atoms with Gasteiger partial charge in [-0.25, -0.2) is 9.59 Å². The van der Waals surface area contributed by atoms with Gasteiger partial charge in [-0.3, -0.25) is 0 Å². The van der Waals surface area contributed by atoms with Crippen LogP contribution in [0.15, 0.2) is 0 Å². The highest BCUT2D eigenvalue weighted by molar-refractivity contribution is 5.82. The number of hydrogen-bond donors (Lipinski definition) is 3. The molecule has 0 unspecified atom stereocenters. The number of carbonyl (C=O) groups is 2. The van der Waals surface area contributed by atoms with E-state index in [1.54, 1.807) is 13.8 Å². The van der Waals surface area contributed by atoms with Crippen LogP contribution in [0, 0.1) is 5.92 Å². The van der Waals surface area contributed by atoms with Gasteiger partial charge in [-0.1, -0.05) is 13.8 Å². The maximum Gasteiger partial charge on any atom is 0.326 e. The van der Waals surface area contributed by atoms with Crippen LogP contribution in [0.1, 0.15) is 13.8 Å². The molecule has 0 rings (SSSR count). The summed E-state index contributed by atoms with van der Waals surface area (Å²) in [6.45, 7) is 5.65. The summed E-state index contributed by atoms with van der Waals surface area (Å²) in [6, 6.07) is -1.37. The van der Waals surface area contributed by atoms with Crippen LogP contribution in [-0.4, -0.2) is 68.4 Å². The highest BCUT2D eigenvalue weighted by Gasteiger charge is 2.22. The molecule has 1 atom stereocenters. The fraction of sp³-hybridized carbons (Fsp3) is 0.833. The average Bonchev–Trinajstić information content (AvgIpc) is 2.29. The maximum absolute atomic E-state index is 11.5. The quantitative estimate of drug-likeness (QED) is 0.514. The van der Waals surface area contributed by atoms with E-state index in [9.17, 15) is 9.59 Å². The summed E-state index contributed by atoms with van der Waals surface area (Å²) in [5, 5.41) is 13.9. The molecule has 7 heteroatoms. The minimum atomic E-state index is -1.03. The lowest BCUT2D eigenvalue weighted by atomic mass is 10.1. The minimum absolute atomic E-state index is 0.167. The second-order valence-electron chi connectivity index (χ2n) is 4.88. The second-order valence-corrected chi connectivity index (χ2v) is 4.88. The van der Waals surface area contributed by atoms with Gasteiger partial charge in [0.2, 0.25) is 0 Å². The van der Waals surface area contributed by atoms with Crippen molar-refractivity contribution < 1.29 is 19.4 Å². The fourth-order valence-electron chi connectivity index (χ4n) is 1.29. The Balaban J connectivity index is 3.72. The number of urea groups is 1. The van der Waals surface area contributed by atoms with E-state index in [1.807, 2.05) is 19.0 Å². The summed E-state index contributed by atoms with van der Waals surface area (Å²) < 4.78 is 5.29. The molecule has 112 valence electrons. The molecule has 0 spiro atoms. The van der Waals surface area contributed by atoms with E-state index in [0.29, 0.717) is 19.8 Å². The van der Waals surface area contributed by atoms with Crippen LogP contribution in [0.5, 0.6) is 0 Å². The Labute approximate surface area is 114 Å². The number of carboxylic acids is 1. The number of carboxylic acid groups (broad SMARTS) is 1. The van der Waals surface area contributed by atoms with Crippen molar-refractivity contribution in [2.24, 2.45) is 5.92 Å². The Hall–Kier alpha value is -1.34. The summed E-state index contributed by atoms with van der Waals surface area (Å²) in [5.41, 5.74) is 0. The van der Waals surface area contributed by atoms with Crippen molar-refractivity contribution >= 4 is 12.0 Å². The Kier molecular flexibility index (Phi) is 8.90. The summed E-state index contributed by atoms with van der Waals surface area (Å²) in [6.07, 6.45) is 0. The molecule has 0 saturated heterocycles. The molecule has 0 fully saturated rings. The number of aliphatic carboxylic acids is 1. The first-order valence-corrected chi connectivity index (χ1v) is 6.34. The average molecular weight is 275 g/mol. The number of rotatable bonds is 9. The summed E-state index contributed by atoms with van der Waals surface area (Å²) >= 11 is 0. The van der Waals surface area contributed by atoms with Gasteiger partial charge in [0, 0.05) is 13.1 Å². The molecule has 3 N–H and O–H groups in total. The van der Waals surface area contributed by atoms with Crippen LogP contribution in [0.4, 0.5) is 4.79 Å². The van der Waals surface area contributed by atoms with Crippen LogP contribution < -0.4 is 10.6 Å². The van der Waals surface area contributed by atoms with Gasteiger partial charge in [0.25, 0.3) is 0 Å². The lowest BCUT2D eigenvalue weighted by Gasteiger charge is -2.18. The molecule has 0 saturated carbocycles. The van der Waals surface area contributed by atoms with E-state index < -0.39 is 18.0 Å². The van der Waals surface area contributed by atoms with E-state index in [2.05, 4.69) is 10.6 Å². The van der Waals surface area contributed by atoms with Gasteiger partial charge in [0.1, 0.15) is 6.04 Å². The molecule has 2 amide bonds. The van der Waals surface area contributed by atoms with Gasteiger partial charge < -0.3 is 25.4 Å². The number of ether oxygens (including phenoxy) is 1. The predicted molar refractivity (Wildman–Crippen MR) is 72.2 cm³/mol. The topological polar surface area (TPSA) is 90.9 Å². The third-order valence-electron chi connectivity index (χ3n) is 2.43. The molecular formula is C12H25N3O4. The second kappa shape index (κ2) is 9.57. The fourth-order valence-corrected chi connectivity index (χ4v) is 1.29. The lowest BCUT2D eigenvalue weighted by Crippen LogP contribution is -2.49. The van der Waals surface area contributed by atoms with Crippen LogP contribution >= 0.6 is 0 Å². The van der Waals surface area contributed by atoms with Crippen LogP contribution in [0.2, 0.25) is 0 Å². The number of carbonyl (C=O) groups excluding carboxylic acids is 1. The molecule has 0 aromatic rings. The highest BCUT2D eigenvalue weighted by atomic mass is 16.5. The standard InChI is InChI=1S/C12H25N3O4/c1-9(2)10(11(16)17)14-12(18)13-5-7-19-8-6-15(3)4/h9-10H,5-8H2,1-4H3,(H,16,17)(H2,13,14,18)/t10-/m1/s1. The number of nitrogens with one attached hydrogen (secondary N) is 2. The Morgan fingerprint density at radius 2 is 1.89 bits per heavy atom. The predicted octanol–water partition coefficient (Wildman–Crippen LogP) is -0.0270. The first-order valence-electron chi connectivity index (χ1n) is 6.34. The summed E-state index contributed by atoms with van der Waals surface area (Å²) in [7, 11) is 3.90. The van der Waals surface area contributed by atoms with Crippen molar-refractivity contribution in [2.75, 3.05) is 40.4 Å². The Morgan fingerprint density at radius 1 is 1.26 bits per heavy atom. The smallest absolute Gasteiger partial charge is 0.326 e. The SMILES string of the molecule is CC(C)[C@@H](NC(=O)NCCOCCN(C)C)C(=O)O. The zero-order valence-corrected chi connectivity index (χ0v) is 12.1. The molecule has 0 aliphatic rings. The molecule has 0 radical (unpaired) electrons. The van der Waals surface area contributed by atoms with Gasteiger partial charge in [-0.15, -0.1) is 0 Å². The molecule has 0 heterocycles. The number of nitrogens with zero attached hydrogens (tertiary/aromatic N) is 1. The number of likely N-dealkylation sites (N-methyl/N-ethyl adjacent to an activating group) is 1. The van der Waals surface area contributed by atoms with E-state index >= 15 is 0 Å². The zero-order valence-electron chi connectivity index (χ0n) is 12.1. The monoisotopic (exact) mass is 275 g/mol. The van der Waals surface area contributed by atoms with Gasteiger partial charge in [0.05, 0.1) is 13.2 Å². The third kappa shape index (κ3) is 9.26. The summed E-state index contributed by atoms with van der Waals surface area (Å²) in [4.78, 5) is 24.3. The van der Waals surface area contributed by atoms with Crippen molar-refractivity contribution in [1.82, 2.24) is 15.5 Å². The zero-order chi connectivity index (χ0) is 14.8. The molecule has 7 nitrogen and oxygen atoms in total. The molecule has 0 aliphatic carbocycles. The van der Waals surface area contributed by atoms with Crippen LogP contribution in [-0.2, 0) is 9.53 Å². The van der Waals surface area contributed by atoms with Crippen molar-refractivity contribution in [3.8, 4) is 0 Å². The van der Waals surface area contributed by atoms with Crippen molar-refractivity contribution in [1.29, 1.82) is 0 Å². The normalized spacial score (nSPS) is 12.5. The highest BCUT2D eigenvalue weighted by Crippen LogP contribution is 2.00. The number of hydrogen-bond acceptors (Lipinski definition) is 4. The molecule has 0 bridgehead atoms. The molecule has 0 aromatic carbocycles. The molecule has 0 aromatic heterocycles. The minimum Gasteiger partial charge on any atom is -0.480 e. The van der Waals surface area contributed by atoms with E-state index in [-0.39, 0.29) is 5.92 Å². The van der Waals surface area contributed by atoms with Gasteiger partial charge in [-0.05, 0) is 20.0 Å². The van der Waals surface area contributed by atoms with E-state index in [1.165, 1.54) is 0 Å². The largest absolute Gasteiger partial charge is 0.480 e. The van der Waals surface area contributed by atoms with Crippen molar-refractivity contribution in [3.05, 3.63) is 0 Å². The molecular weight excluding hydrogens is 250 g/mol. The van der Waals surface area contributed by atoms with Crippen molar-refractivity contribution in [3.63, 3.8) is 0 Å². The van der Waals surface area contributed by atoms with Crippen molar-refractivity contribution in [2.45, 2.75) is 19.9 Å². The lowest BCUT2D eigenvalue weighted by molar-refractivity contribution is -0.140. The van der Waals surface area contributed by atoms with Gasteiger partial charge >= 0.3 is 12.0 Å².